The van der Waals surface area contributed by atoms with Crippen LogP contribution < -0.4 is 5.32 Å². The second-order valence-corrected chi connectivity index (χ2v) is 6.32. The van der Waals surface area contributed by atoms with Gasteiger partial charge >= 0.3 is 0 Å². The molecule has 1 amide bonds. The predicted octanol–water partition coefficient (Wildman–Crippen LogP) is 2.49. The number of benzene rings is 1. The molecular weight excluding hydrogens is 278 g/mol. The van der Waals surface area contributed by atoms with Crippen LogP contribution in [0.1, 0.15) is 49.2 Å². The van der Waals surface area contributed by atoms with E-state index in [1.54, 1.807) is 17.1 Å². The lowest BCUT2D eigenvalue weighted by molar-refractivity contribution is 0.0942. The van der Waals surface area contributed by atoms with Gasteiger partial charge in [0.05, 0.1) is 23.4 Å². The van der Waals surface area contributed by atoms with Gasteiger partial charge in [-0.05, 0) is 32.8 Å². The lowest BCUT2D eigenvalue weighted by Crippen LogP contribution is -2.26. The van der Waals surface area contributed by atoms with Gasteiger partial charge in [-0.1, -0.05) is 30.3 Å². The zero-order valence-electron chi connectivity index (χ0n) is 13.3. The molecule has 0 radical (unpaired) electrons. The maximum absolute atomic E-state index is 12.1. The van der Waals surface area contributed by atoms with Gasteiger partial charge in [-0.15, -0.1) is 0 Å². The quantitative estimate of drug-likeness (QED) is 0.891. The Labute approximate surface area is 131 Å². The van der Waals surface area contributed by atoms with Crippen LogP contribution in [0.3, 0.4) is 0 Å². The SMILES string of the molecule is CC(C)(C)n1cc(C(=O)NCCC(O)c2ccccc2)cn1. The summed E-state index contributed by atoms with van der Waals surface area (Å²) < 4.78 is 1.76. The van der Waals surface area contributed by atoms with Crippen molar-refractivity contribution in [3.63, 3.8) is 0 Å². The van der Waals surface area contributed by atoms with Crippen LogP contribution >= 0.6 is 0 Å². The zero-order chi connectivity index (χ0) is 16.2. The van der Waals surface area contributed by atoms with Crippen molar-refractivity contribution in [1.29, 1.82) is 0 Å². The van der Waals surface area contributed by atoms with Crippen LogP contribution in [0, 0.1) is 0 Å². The Morgan fingerprint density at radius 2 is 2.00 bits per heavy atom. The number of nitrogens with one attached hydrogen (secondary N) is 1. The maximum Gasteiger partial charge on any atom is 0.254 e. The first kappa shape index (κ1) is 16.2. The third-order valence-electron chi connectivity index (χ3n) is 3.42. The number of carbonyl (C=O) groups excluding carboxylic acids is 1. The fourth-order valence-corrected chi connectivity index (χ4v) is 2.07. The van der Waals surface area contributed by atoms with E-state index in [4.69, 9.17) is 0 Å². The summed E-state index contributed by atoms with van der Waals surface area (Å²) in [6.45, 7) is 6.49. The highest BCUT2D eigenvalue weighted by Gasteiger charge is 2.16. The molecule has 0 aliphatic heterocycles. The molecule has 2 N–H and O–H groups in total. The molecule has 5 heteroatoms. The van der Waals surface area contributed by atoms with Crippen LogP contribution in [0.2, 0.25) is 0 Å². The average Bonchev–Trinajstić information content (AvgIpc) is 2.98. The molecule has 0 fully saturated rings. The summed E-state index contributed by atoms with van der Waals surface area (Å²) in [6.07, 6.45) is 3.21. The molecule has 1 atom stereocenters. The molecule has 0 saturated heterocycles. The lowest BCUT2D eigenvalue weighted by Gasteiger charge is -2.18. The van der Waals surface area contributed by atoms with Crippen molar-refractivity contribution in [1.82, 2.24) is 15.1 Å². The summed E-state index contributed by atoms with van der Waals surface area (Å²) in [5.74, 6) is -0.171. The smallest absolute Gasteiger partial charge is 0.254 e. The van der Waals surface area contributed by atoms with E-state index in [-0.39, 0.29) is 11.4 Å². The van der Waals surface area contributed by atoms with Crippen LogP contribution in [0.5, 0.6) is 0 Å². The number of rotatable bonds is 5. The largest absolute Gasteiger partial charge is 0.388 e. The Bertz CT molecular complexity index is 614. The third kappa shape index (κ3) is 4.18. The maximum atomic E-state index is 12.1. The molecule has 0 aliphatic rings. The molecule has 118 valence electrons. The van der Waals surface area contributed by atoms with Crippen LogP contribution in [0.25, 0.3) is 0 Å². The summed E-state index contributed by atoms with van der Waals surface area (Å²) in [4.78, 5) is 12.1. The van der Waals surface area contributed by atoms with Crippen molar-refractivity contribution in [3.05, 3.63) is 53.9 Å². The topological polar surface area (TPSA) is 67.2 Å². The van der Waals surface area contributed by atoms with E-state index < -0.39 is 6.10 Å². The van der Waals surface area contributed by atoms with Gasteiger partial charge in [0.15, 0.2) is 0 Å². The fourth-order valence-electron chi connectivity index (χ4n) is 2.07. The zero-order valence-corrected chi connectivity index (χ0v) is 13.3. The number of hydrogen-bond acceptors (Lipinski definition) is 3. The molecule has 0 spiro atoms. The lowest BCUT2D eigenvalue weighted by atomic mass is 10.1. The van der Waals surface area contributed by atoms with E-state index in [1.165, 1.54) is 0 Å². The predicted molar refractivity (Wildman–Crippen MR) is 85.6 cm³/mol. The summed E-state index contributed by atoms with van der Waals surface area (Å²) >= 11 is 0. The van der Waals surface area contributed by atoms with Crippen LogP contribution in [0.15, 0.2) is 42.7 Å². The van der Waals surface area contributed by atoms with Gasteiger partial charge < -0.3 is 10.4 Å². The number of carbonyl (C=O) groups is 1. The van der Waals surface area contributed by atoms with Crippen LogP contribution in [0.4, 0.5) is 0 Å². The summed E-state index contributed by atoms with van der Waals surface area (Å²) in [7, 11) is 0. The van der Waals surface area contributed by atoms with E-state index >= 15 is 0 Å². The van der Waals surface area contributed by atoms with Gasteiger partial charge in [0.2, 0.25) is 0 Å². The van der Waals surface area contributed by atoms with Crippen molar-refractivity contribution in [2.75, 3.05) is 6.54 Å². The molecule has 2 aromatic rings. The van der Waals surface area contributed by atoms with Gasteiger partial charge in [0, 0.05) is 12.7 Å². The summed E-state index contributed by atoms with van der Waals surface area (Å²) in [5.41, 5.74) is 1.24. The highest BCUT2D eigenvalue weighted by molar-refractivity contribution is 5.93. The minimum absolute atomic E-state index is 0.151. The highest BCUT2D eigenvalue weighted by atomic mass is 16.3. The van der Waals surface area contributed by atoms with Crippen molar-refractivity contribution in [3.8, 4) is 0 Å². The minimum atomic E-state index is -0.571. The van der Waals surface area contributed by atoms with Gasteiger partial charge in [0.1, 0.15) is 0 Å². The average molecular weight is 301 g/mol. The second kappa shape index (κ2) is 6.75. The highest BCUT2D eigenvalue weighted by Crippen LogP contribution is 2.15. The van der Waals surface area contributed by atoms with Crippen molar-refractivity contribution in [2.45, 2.75) is 38.8 Å². The number of nitrogens with zero attached hydrogens (tertiary/aromatic N) is 2. The van der Waals surface area contributed by atoms with Crippen molar-refractivity contribution >= 4 is 5.91 Å². The van der Waals surface area contributed by atoms with E-state index in [0.717, 1.165) is 5.56 Å². The molecule has 0 saturated carbocycles. The molecule has 1 heterocycles. The van der Waals surface area contributed by atoms with E-state index in [0.29, 0.717) is 18.5 Å². The second-order valence-electron chi connectivity index (χ2n) is 6.32. The Morgan fingerprint density at radius 1 is 1.32 bits per heavy atom. The van der Waals surface area contributed by atoms with Gasteiger partial charge in [-0.3, -0.25) is 9.48 Å². The van der Waals surface area contributed by atoms with Gasteiger partial charge in [-0.2, -0.15) is 5.10 Å². The Hall–Kier alpha value is -2.14. The standard InChI is InChI=1S/C17H23N3O2/c1-17(2,3)20-12-14(11-19-20)16(22)18-10-9-15(21)13-7-5-4-6-8-13/h4-8,11-12,15,21H,9-10H2,1-3H3,(H,18,22). The number of aromatic nitrogens is 2. The van der Waals surface area contributed by atoms with Gasteiger partial charge in [0.25, 0.3) is 5.91 Å². The van der Waals surface area contributed by atoms with Gasteiger partial charge in [-0.25, -0.2) is 0 Å². The van der Waals surface area contributed by atoms with E-state index in [2.05, 4.69) is 10.4 Å². The molecule has 1 unspecified atom stereocenters. The van der Waals surface area contributed by atoms with E-state index in [1.807, 2.05) is 51.1 Å². The molecule has 1 aromatic carbocycles. The summed E-state index contributed by atoms with van der Waals surface area (Å²) in [6, 6.07) is 9.43. The van der Waals surface area contributed by atoms with Crippen molar-refractivity contribution < 1.29 is 9.90 Å². The third-order valence-corrected chi connectivity index (χ3v) is 3.42. The molecule has 22 heavy (non-hydrogen) atoms. The van der Waals surface area contributed by atoms with Crippen LogP contribution in [-0.2, 0) is 5.54 Å². The van der Waals surface area contributed by atoms with Crippen LogP contribution in [-0.4, -0.2) is 27.3 Å². The number of aliphatic hydroxyl groups excluding tert-OH is 1. The number of amides is 1. The Kier molecular flexibility index (Phi) is 4.98. The normalized spacial score (nSPS) is 12.9. The molecule has 0 bridgehead atoms. The van der Waals surface area contributed by atoms with E-state index in [9.17, 15) is 9.90 Å². The molecule has 5 nitrogen and oxygen atoms in total. The molecular formula is C17H23N3O2. The van der Waals surface area contributed by atoms with Crippen molar-refractivity contribution in [2.24, 2.45) is 0 Å². The molecule has 1 aromatic heterocycles. The first-order valence-corrected chi connectivity index (χ1v) is 7.44. The number of aliphatic hydroxyl groups is 1. The Balaban J connectivity index is 1.84. The Morgan fingerprint density at radius 3 is 2.59 bits per heavy atom. The molecule has 2 rings (SSSR count). The first-order valence-electron chi connectivity index (χ1n) is 7.44. The minimum Gasteiger partial charge on any atom is -0.388 e. The summed E-state index contributed by atoms with van der Waals surface area (Å²) in [5, 5.41) is 17.1. The fraction of sp³-hybridized carbons (Fsp3) is 0.412. The molecule has 0 aliphatic carbocycles. The number of hydrogen-bond donors (Lipinski definition) is 2. The monoisotopic (exact) mass is 301 g/mol. The first-order chi connectivity index (χ1) is 10.4.